The highest BCUT2D eigenvalue weighted by Crippen LogP contribution is 2.20. The Hall–Kier alpha value is -0.860. The first kappa shape index (κ1) is 13.6. The molecule has 0 aliphatic heterocycles. The van der Waals surface area contributed by atoms with E-state index in [1.165, 1.54) is 36.8 Å². The van der Waals surface area contributed by atoms with Crippen LogP contribution in [0.25, 0.3) is 0 Å². The van der Waals surface area contributed by atoms with E-state index in [2.05, 4.69) is 36.5 Å². The number of aryl methyl sites for hydroxylation is 1. The van der Waals surface area contributed by atoms with Crippen LogP contribution in [-0.2, 0) is 17.7 Å². The lowest BCUT2D eigenvalue weighted by molar-refractivity contribution is 0.0602. The van der Waals surface area contributed by atoms with Gasteiger partial charge in [0.2, 0.25) is 0 Å². The molecule has 1 saturated carbocycles. The van der Waals surface area contributed by atoms with E-state index in [1.807, 2.05) is 0 Å². The normalized spacial score (nSPS) is 16.3. The topological polar surface area (TPSA) is 21.3 Å². The molecule has 0 amide bonds. The average molecular weight is 247 g/mol. The van der Waals surface area contributed by atoms with Gasteiger partial charge in [0.15, 0.2) is 0 Å². The second-order valence-corrected chi connectivity index (χ2v) is 5.08. The summed E-state index contributed by atoms with van der Waals surface area (Å²) in [6, 6.07) is 8.66. The molecule has 0 unspecified atom stereocenters. The zero-order valence-corrected chi connectivity index (χ0v) is 11.5. The Morgan fingerprint density at radius 1 is 1.17 bits per heavy atom. The first-order valence-electron chi connectivity index (χ1n) is 7.29. The van der Waals surface area contributed by atoms with Crippen LogP contribution >= 0.6 is 0 Å². The summed E-state index contributed by atoms with van der Waals surface area (Å²) >= 11 is 0. The van der Waals surface area contributed by atoms with Crippen molar-refractivity contribution in [3.63, 3.8) is 0 Å². The molecule has 0 saturated heterocycles. The number of benzene rings is 1. The van der Waals surface area contributed by atoms with Crippen molar-refractivity contribution in [1.82, 2.24) is 5.32 Å². The van der Waals surface area contributed by atoms with Gasteiger partial charge in [-0.25, -0.2) is 0 Å². The molecule has 1 aliphatic carbocycles. The third-order valence-electron chi connectivity index (χ3n) is 3.75. The molecule has 18 heavy (non-hydrogen) atoms. The fraction of sp³-hybridized carbons (Fsp3) is 0.625. The lowest BCUT2D eigenvalue weighted by atomic mass is 10.1. The van der Waals surface area contributed by atoms with Gasteiger partial charge in [0.1, 0.15) is 0 Å². The monoisotopic (exact) mass is 247 g/mol. The molecule has 1 aromatic carbocycles. The first-order valence-corrected chi connectivity index (χ1v) is 7.29. The van der Waals surface area contributed by atoms with Crippen LogP contribution < -0.4 is 5.32 Å². The molecule has 0 heterocycles. The van der Waals surface area contributed by atoms with E-state index in [4.69, 9.17) is 4.74 Å². The van der Waals surface area contributed by atoms with Gasteiger partial charge in [0.25, 0.3) is 0 Å². The van der Waals surface area contributed by atoms with Gasteiger partial charge in [-0.15, -0.1) is 0 Å². The summed E-state index contributed by atoms with van der Waals surface area (Å²) in [6.07, 6.45) is 6.87. The Bertz CT molecular complexity index is 345. The summed E-state index contributed by atoms with van der Waals surface area (Å²) in [7, 11) is 0. The standard InChI is InChI=1S/C16H25NO/c1-2-14-7-3-4-8-15(14)13-17-11-12-18-16-9-5-6-10-16/h3-4,7-8,16-17H,2,5-6,9-13H2,1H3. The molecule has 1 N–H and O–H groups in total. The van der Waals surface area contributed by atoms with Gasteiger partial charge < -0.3 is 10.1 Å². The average Bonchev–Trinajstić information content (AvgIpc) is 2.92. The molecule has 2 heteroatoms. The minimum absolute atomic E-state index is 0.537. The predicted octanol–water partition coefficient (Wildman–Crippen LogP) is 3.30. The van der Waals surface area contributed by atoms with Crippen molar-refractivity contribution in [1.29, 1.82) is 0 Å². The second-order valence-electron chi connectivity index (χ2n) is 5.08. The lowest BCUT2D eigenvalue weighted by Crippen LogP contribution is -2.22. The fourth-order valence-corrected chi connectivity index (χ4v) is 2.65. The number of hydrogen-bond donors (Lipinski definition) is 1. The molecule has 0 aromatic heterocycles. The van der Waals surface area contributed by atoms with Crippen LogP contribution in [0.1, 0.15) is 43.7 Å². The van der Waals surface area contributed by atoms with Crippen molar-refractivity contribution in [2.75, 3.05) is 13.2 Å². The van der Waals surface area contributed by atoms with E-state index < -0.39 is 0 Å². The smallest absolute Gasteiger partial charge is 0.0594 e. The molecular formula is C16H25NO. The molecule has 1 fully saturated rings. The SMILES string of the molecule is CCc1ccccc1CNCCOC1CCCC1. The molecule has 0 atom stereocenters. The van der Waals surface area contributed by atoms with Crippen LogP contribution in [0.15, 0.2) is 24.3 Å². The number of ether oxygens (including phenoxy) is 1. The van der Waals surface area contributed by atoms with Crippen LogP contribution in [0.5, 0.6) is 0 Å². The quantitative estimate of drug-likeness (QED) is 0.746. The second kappa shape index (κ2) is 7.55. The summed E-state index contributed by atoms with van der Waals surface area (Å²) in [5.41, 5.74) is 2.86. The van der Waals surface area contributed by atoms with Gasteiger partial charge in [-0.3, -0.25) is 0 Å². The van der Waals surface area contributed by atoms with Crippen molar-refractivity contribution in [2.45, 2.75) is 51.7 Å². The van der Waals surface area contributed by atoms with Crippen LogP contribution in [0, 0.1) is 0 Å². The third kappa shape index (κ3) is 4.11. The number of nitrogens with one attached hydrogen (secondary N) is 1. The maximum Gasteiger partial charge on any atom is 0.0594 e. The van der Waals surface area contributed by atoms with Crippen LogP contribution in [0.2, 0.25) is 0 Å². The molecule has 0 radical (unpaired) electrons. The Balaban J connectivity index is 1.62. The summed E-state index contributed by atoms with van der Waals surface area (Å²) in [5.74, 6) is 0. The summed E-state index contributed by atoms with van der Waals surface area (Å²) in [6.45, 7) is 4.97. The minimum Gasteiger partial charge on any atom is -0.377 e. The highest BCUT2D eigenvalue weighted by atomic mass is 16.5. The Labute approximate surface area is 111 Å². The van der Waals surface area contributed by atoms with Gasteiger partial charge in [-0.1, -0.05) is 44.0 Å². The zero-order valence-electron chi connectivity index (χ0n) is 11.5. The molecule has 100 valence electrons. The molecule has 0 bridgehead atoms. The van der Waals surface area contributed by atoms with Crippen molar-refractivity contribution in [2.24, 2.45) is 0 Å². The fourth-order valence-electron chi connectivity index (χ4n) is 2.65. The Morgan fingerprint density at radius 2 is 1.89 bits per heavy atom. The molecule has 2 nitrogen and oxygen atoms in total. The van der Waals surface area contributed by atoms with E-state index in [0.29, 0.717) is 6.10 Å². The molecule has 1 aromatic rings. The molecule has 1 aliphatic rings. The largest absolute Gasteiger partial charge is 0.377 e. The van der Waals surface area contributed by atoms with E-state index >= 15 is 0 Å². The van der Waals surface area contributed by atoms with E-state index in [9.17, 15) is 0 Å². The highest BCUT2D eigenvalue weighted by Gasteiger charge is 2.14. The van der Waals surface area contributed by atoms with Crippen molar-refractivity contribution < 1.29 is 4.74 Å². The summed E-state index contributed by atoms with van der Waals surface area (Å²) < 4.78 is 5.83. The van der Waals surface area contributed by atoms with Crippen molar-refractivity contribution in [3.8, 4) is 0 Å². The molecular weight excluding hydrogens is 222 g/mol. The van der Waals surface area contributed by atoms with E-state index in [-0.39, 0.29) is 0 Å². The van der Waals surface area contributed by atoms with Crippen LogP contribution in [0.3, 0.4) is 0 Å². The van der Waals surface area contributed by atoms with Gasteiger partial charge >= 0.3 is 0 Å². The lowest BCUT2D eigenvalue weighted by Gasteiger charge is -2.12. The number of hydrogen-bond acceptors (Lipinski definition) is 2. The van der Waals surface area contributed by atoms with Crippen LogP contribution in [-0.4, -0.2) is 19.3 Å². The Morgan fingerprint density at radius 3 is 2.61 bits per heavy atom. The van der Waals surface area contributed by atoms with E-state index in [1.54, 1.807) is 0 Å². The van der Waals surface area contributed by atoms with Crippen molar-refractivity contribution in [3.05, 3.63) is 35.4 Å². The van der Waals surface area contributed by atoms with Gasteiger partial charge in [0.05, 0.1) is 12.7 Å². The van der Waals surface area contributed by atoms with Crippen molar-refractivity contribution >= 4 is 0 Å². The number of rotatable bonds is 7. The summed E-state index contributed by atoms with van der Waals surface area (Å²) in [5, 5.41) is 3.48. The molecule has 2 rings (SSSR count). The van der Waals surface area contributed by atoms with Gasteiger partial charge in [-0.05, 0) is 30.4 Å². The minimum atomic E-state index is 0.537. The Kier molecular flexibility index (Phi) is 5.69. The maximum atomic E-state index is 5.83. The maximum absolute atomic E-state index is 5.83. The zero-order chi connectivity index (χ0) is 12.6. The molecule has 0 spiro atoms. The first-order chi connectivity index (χ1) is 8.90. The summed E-state index contributed by atoms with van der Waals surface area (Å²) in [4.78, 5) is 0. The third-order valence-corrected chi connectivity index (χ3v) is 3.75. The predicted molar refractivity (Wildman–Crippen MR) is 75.7 cm³/mol. The van der Waals surface area contributed by atoms with Gasteiger partial charge in [-0.2, -0.15) is 0 Å². The highest BCUT2D eigenvalue weighted by molar-refractivity contribution is 5.26. The van der Waals surface area contributed by atoms with Crippen LogP contribution in [0.4, 0.5) is 0 Å². The van der Waals surface area contributed by atoms with Gasteiger partial charge in [0, 0.05) is 13.1 Å². The van der Waals surface area contributed by atoms with E-state index in [0.717, 1.165) is 26.1 Å².